The van der Waals surface area contributed by atoms with Crippen molar-refractivity contribution in [2.75, 3.05) is 0 Å². The Bertz CT molecular complexity index is 1320. The van der Waals surface area contributed by atoms with Crippen molar-refractivity contribution in [3.05, 3.63) is 100 Å². The maximum absolute atomic E-state index is 11.6. The zero-order valence-corrected chi connectivity index (χ0v) is 16.6. The molecule has 0 unspecified atom stereocenters. The van der Waals surface area contributed by atoms with Gasteiger partial charge in [0, 0.05) is 17.1 Å². The molecule has 2 heterocycles. The molecule has 4 aromatic rings. The number of carboxylic acid groups (broad SMARTS) is 1. The lowest BCUT2D eigenvalue weighted by Gasteiger charge is -2.12. The first-order valence-corrected chi connectivity index (χ1v) is 9.87. The van der Waals surface area contributed by atoms with Crippen molar-refractivity contribution < 1.29 is 14.6 Å². The standard InChI is InChI=1S/C24H17ClN2O3/c25-17-6-7-21-22(12-17)27(14-26-21)10-9-19-18-4-2-1-3-16(18)13-30-23-8-5-15(24(28)29)11-20(19)23/h1-9,11-12,14H,10,13H2,(H,28,29). The fourth-order valence-electron chi connectivity index (χ4n) is 3.79. The lowest BCUT2D eigenvalue weighted by molar-refractivity contribution is 0.0697. The van der Waals surface area contributed by atoms with Gasteiger partial charge in [0.15, 0.2) is 0 Å². The Balaban J connectivity index is 1.66. The van der Waals surface area contributed by atoms with E-state index in [9.17, 15) is 9.90 Å². The quantitative estimate of drug-likeness (QED) is 0.484. The van der Waals surface area contributed by atoms with Gasteiger partial charge in [0.1, 0.15) is 12.4 Å². The maximum atomic E-state index is 11.6. The molecule has 3 aromatic carbocycles. The second kappa shape index (κ2) is 7.35. The average molecular weight is 417 g/mol. The molecule has 0 saturated carbocycles. The van der Waals surface area contributed by atoms with Gasteiger partial charge in [0.2, 0.25) is 0 Å². The second-order valence-electron chi connectivity index (χ2n) is 7.11. The van der Waals surface area contributed by atoms with Gasteiger partial charge in [-0.1, -0.05) is 41.9 Å². The molecule has 5 nitrogen and oxygen atoms in total. The lowest BCUT2D eigenvalue weighted by Crippen LogP contribution is -2.00. The van der Waals surface area contributed by atoms with Crippen molar-refractivity contribution in [1.29, 1.82) is 0 Å². The first-order chi connectivity index (χ1) is 14.6. The summed E-state index contributed by atoms with van der Waals surface area (Å²) < 4.78 is 8.01. The van der Waals surface area contributed by atoms with Crippen molar-refractivity contribution in [3.8, 4) is 5.75 Å². The van der Waals surface area contributed by atoms with E-state index in [1.54, 1.807) is 24.5 Å². The Morgan fingerprint density at radius 3 is 2.87 bits per heavy atom. The molecule has 1 N–H and O–H groups in total. The largest absolute Gasteiger partial charge is 0.488 e. The van der Waals surface area contributed by atoms with Crippen LogP contribution in [0.3, 0.4) is 0 Å². The van der Waals surface area contributed by atoms with Gasteiger partial charge in [-0.3, -0.25) is 0 Å². The number of aromatic nitrogens is 2. The third-order valence-electron chi connectivity index (χ3n) is 5.28. The zero-order valence-electron chi connectivity index (χ0n) is 15.9. The van der Waals surface area contributed by atoms with E-state index in [1.165, 1.54) is 0 Å². The minimum absolute atomic E-state index is 0.225. The SMILES string of the molecule is O=C(O)c1ccc2c(c1)C(=CCn1cnc3ccc(Cl)cc31)c1ccccc1CO2. The molecule has 0 amide bonds. The van der Waals surface area contributed by atoms with Crippen LogP contribution in [0, 0.1) is 0 Å². The molecular weight excluding hydrogens is 400 g/mol. The Hall–Kier alpha value is -3.57. The van der Waals surface area contributed by atoms with Gasteiger partial charge < -0.3 is 14.4 Å². The molecule has 0 spiro atoms. The molecule has 0 saturated heterocycles. The number of carboxylic acids is 1. The number of imidazole rings is 1. The summed E-state index contributed by atoms with van der Waals surface area (Å²) in [5.41, 5.74) is 5.82. The van der Waals surface area contributed by atoms with Crippen LogP contribution in [0.5, 0.6) is 5.75 Å². The lowest BCUT2D eigenvalue weighted by atomic mass is 9.93. The number of aromatic carboxylic acids is 1. The van der Waals surface area contributed by atoms with Crippen LogP contribution in [0.4, 0.5) is 0 Å². The highest BCUT2D eigenvalue weighted by Crippen LogP contribution is 2.37. The van der Waals surface area contributed by atoms with Crippen LogP contribution >= 0.6 is 11.6 Å². The third kappa shape index (κ3) is 3.23. The van der Waals surface area contributed by atoms with Gasteiger partial charge >= 0.3 is 5.97 Å². The van der Waals surface area contributed by atoms with E-state index < -0.39 is 5.97 Å². The number of halogens is 1. The summed E-state index contributed by atoms with van der Waals surface area (Å²) in [5, 5.41) is 10.1. The maximum Gasteiger partial charge on any atom is 0.335 e. The summed E-state index contributed by atoms with van der Waals surface area (Å²) >= 11 is 6.17. The van der Waals surface area contributed by atoms with Crippen molar-refractivity contribution in [2.24, 2.45) is 0 Å². The molecule has 5 rings (SSSR count). The van der Waals surface area contributed by atoms with E-state index in [1.807, 2.05) is 47.0 Å². The summed E-state index contributed by atoms with van der Waals surface area (Å²) in [6.07, 6.45) is 3.87. The molecule has 30 heavy (non-hydrogen) atoms. The minimum atomic E-state index is -0.968. The number of allylic oxidation sites excluding steroid dienone is 1. The van der Waals surface area contributed by atoms with Crippen molar-refractivity contribution in [2.45, 2.75) is 13.2 Å². The molecule has 148 valence electrons. The fraction of sp³-hybridized carbons (Fsp3) is 0.0833. The number of carbonyl (C=O) groups is 1. The van der Waals surface area contributed by atoms with E-state index in [4.69, 9.17) is 16.3 Å². The molecule has 0 bridgehead atoms. The molecular formula is C24H17ClN2O3. The summed E-state index contributed by atoms with van der Waals surface area (Å²) in [6, 6.07) is 18.6. The summed E-state index contributed by atoms with van der Waals surface area (Å²) in [4.78, 5) is 16.0. The molecule has 1 aliphatic heterocycles. The Labute approximate surface area is 177 Å². The molecule has 0 radical (unpaired) electrons. The summed E-state index contributed by atoms with van der Waals surface area (Å²) in [5.74, 6) is -0.300. The molecule has 0 aliphatic carbocycles. The predicted molar refractivity (Wildman–Crippen MR) is 116 cm³/mol. The number of ether oxygens (including phenoxy) is 1. The number of nitrogens with zero attached hydrogens (tertiary/aromatic N) is 2. The number of hydrogen-bond donors (Lipinski definition) is 1. The zero-order chi connectivity index (χ0) is 20.7. The number of hydrogen-bond acceptors (Lipinski definition) is 3. The molecule has 6 heteroatoms. The third-order valence-corrected chi connectivity index (χ3v) is 5.52. The van der Waals surface area contributed by atoms with Crippen LogP contribution in [0.25, 0.3) is 16.6 Å². The highest BCUT2D eigenvalue weighted by atomic mass is 35.5. The van der Waals surface area contributed by atoms with Crippen LogP contribution in [0.2, 0.25) is 5.02 Å². The van der Waals surface area contributed by atoms with Gasteiger partial charge in [0.05, 0.1) is 22.9 Å². The van der Waals surface area contributed by atoms with E-state index >= 15 is 0 Å². The predicted octanol–water partition coefficient (Wildman–Crippen LogP) is 5.41. The van der Waals surface area contributed by atoms with Gasteiger partial charge in [-0.05, 0) is 53.1 Å². The molecule has 1 aromatic heterocycles. The average Bonchev–Trinajstić information content (AvgIpc) is 3.07. The van der Waals surface area contributed by atoms with Crippen LogP contribution in [-0.2, 0) is 13.2 Å². The monoisotopic (exact) mass is 416 g/mol. The molecule has 0 fully saturated rings. The topological polar surface area (TPSA) is 64.3 Å². The van der Waals surface area contributed by atoms with Gasteiger partial charge in [-0.15, -0.1) is 0 Å². The first-order valence-electron chi connectivity index (χ1n) is 9.49. The van der Waals surface area contributed by atoms with E-state index in [0.717, 1.165) is 33.3 Å². The number of rotatable bonds is 3. The number of benzene rings is 3. The van der Waals surface area contributed by atoms with Crippen molar-refractivity contribution in [3.63, 3.8) is 0 Å². The van der Waals surface area contributed by atoms with E-state index in [-0.39, 0.29) is 5.56 Å². The molecule has 0 atom stereocenters. The summed E-state index contributed by atoms with van der Waals surface area (Å²) in [7, 11) is 0. The van der Waals surface area contributed by atoms with Gasteiger partial charge in [0.25, 0.3) is 0 Å². The molecule has 1 aliphatic rings. The minimum Gasteiger partial charge on any atom is -0.488 e. The second-order valence-corrected chi connectivity index (χ2v) is 7.55. The summed E-state index contributed by atoms with van der Waals surface area (Å²) in [6.45, 7) is 0.980. The Morgan fingerprint density at radius 1 is 1.13 bits per heavy atom. The highest BCUT2D eigenvalue weighted by Gasteiger charge is 2.20. The van der Waals surface area contributed by atoms with Crippen molar-refractivity contribution >= 4 is 34.2 Å². The van der Waals surface area contributed by atoms with E-state index in [0.29, 0.717) is 23.9 Å². The smallest absolute Gasteiger partial charge is 0.335 e. The van der Waals surface area contributed by atoms with Crippen LogP contribution < -0.4 is 4.74 Å². The fourth-order valence-corrected chi connectivity index (χ4v) is 3.96. The van der Waals surface area contributed by atoms with E-state index in [2.05, 4.69) is 11.1 Å². The Kier molecular flexibility index (Phi) is 4.52. The van der Waals surface area contributed by atoms with Gasteiger partial charge in [-0.2, -0.15) is 0 Å². The highest BCUT2D eigenvalue weighted by molar-refractivity contribution is 6.31. The van der Waals surface area contributed by atoms with Crippen molar-refractivity contribution in [1.82, 2.24) is 9.55 Å². The normalized spacial score (nSPS) is 14.1. The van der Waals surface area contributed by atoms with Crippen LogP contribution in [0.15, 0.2) is 73.1 Å². The number of fused-ring (bicyclic) bond motifs is 3. The van der Waals surface area contributed by atoms with Gasteiger partial charge in [-0.25, -0.2) is 9.78 Å². The van der Waals surface area contributed by atoms with Crippen LogP contribution in [0.1, 0.15) is 27.0 Å². The Morgan fingerprint density at radius 2 is 2.00 bits per heavy atom. The van der Waals surface area contributed by atoms with Crippen LogP contribution in [-0.4, -0.2) is 20.6 Å². The first kappa shape index (κ1) is 18.5.